The fraction of sp³-hybridized carbons (Fsp3) is 0.407. The van der Waals surface area contributed by atoms with Crippen molar-refractivity contribution in [2.45, 2.75) is 38.1 Å². The Morgan fingerprint density at radius 1 is 1.03 bits per heavy atom. The van der Waals surface area contributed by atoms with Crippen molar-refractivity contribution in [2.24, 2.45) is 5.73 Å². The molecule has 0 bridgehead atoms. The van der Waals surface area contributed by atoms with Crippen LogP contribution in [0.1, 0.15) is 46.9 Å². The minimum absolute atomic E-state index is 0.0689. The van der Waals surface area contributed by atoms with Gasteiger partial charge in [0.2, 0.25) is 17.5 Å². The number of methoxy groups -OCH3 is 1. The maximum Gasteiger partial charge on any atom is 0.407 e. The molecule has 3 rings (SSSR count). The highest BCUT2D eigenvalue weighted by molar-refractivity contribution is 6.42. The second-order valence-corrected chi connectivity index (χ2v) is 9.47. The van der Waals surface area contributed by atoms with Crippen LogP contribution in [0.25, 0.3) is 0 Å². The van der Waals surface area contributed by atoms with Gasteiger partial charge in [-0.2, -0.15) is 4.98 Å². The number of Topliss-reactive ketones (excluding diaryl/α,β-unsaturated/α-hetero) is 1. The van der Waals surface area contributed by atoms with Gasteiger partial charge < -0.3 is 29.8 Å². The van der Waals surface area contributed by atoms with Crippen LogP contribution in [0, 0.1) is 0 Å². The van der Waals surface area contributed by atoms with Crippen molar-refractivity contribution in [3.8, 4) is 5.75 Å². The number of amides is 1. The van der Waals surface area contributed by atoms with Crippen LogP contribution >= 0.6 is 23.2 Å². The van der Waals surface area contributed by atoms with Crippen LogP contribution in [0.15, 0.2) is 47.0 Å². The highest BCUT2D eigenvalue weighted by Crippen LogP contribution is 2.23. The number of nitrogens with zero attached hydrogens (tertiary/aromatic N) is 2. The lowest BCUT2D eigenvalue weighted by Crippen LogP contribution is -2.42. The predicted octanol–water partition coefficient (Wildman–Crippen LogP) is 4.64. The number of carbonyl (C=O) groups is 2. The van der Waals surface area contributed by atoms with Crippen molar-refractivity contribution in [3.63, 3.8) is 0 Å². The van der Waals surface area contributed by atoms with Crippen LogP contribution < -0.4 is 15.8 Å². The van der Waals surface area contributed by atoms with Gasteiger partial charge in [-0.05, 0) is 61.2 Å². The fourth-order valence-corrected chi connectivity index (χ4v) is 3.93. The van der Waals surface area contributed by atoms with Gasteiger partial charge in [0.15, 0.2) is 0 Å². The maximum absolute atomic E-state index is 13.0. The van der Waals surface area contributed by atoms with Crippen LogP contribution in [0.5, 0.6) is 5.75 Å². The Balaban J connectivity index is 1.53. The highest BCUT2D eigenvalue weighted by atomic mass is 35.5. The monoisotopic (exact) mass is 578 g/mol. The number of nitrogens with one attached hydrogen (secondary N) is 1. The Labute approximate surface area is 237 Å². The van der Waals surface area contributed by atoms with Crippen LogP contribution in [-0.4, -0.2) is 61.5 Å². The minimum atomic E-state index is -0.864. The van der Waals surface area contributed by atoms with Crippen molar-refractivity contribution in [1.82, 2.24) is 15.5 Å². The largest absolute Gasteiger partial charge is 0.493 e. The summed E-state index contributed by atoms with van der Waals surface area (Å²) in [7, 11) is 1.50. The summed E-state index contributed by atoms with van der Waals surface area (Å²) in [6.07, 6.45) is 2.00. The number of unbranched alkanes of at least 4 members (excludes halogenated alkanes) is 1. The molecule has 0 saturated carbocycles. The van der Waals surface area contributed by atoms with Gasteiger partial charge in [-0.25, -0.2) is 4.79 Å². The molecule has 0 radical (unpaired) electrons. The van der Waals surface area contributed by atoms with E-state index in [1.54, 1.807) is 6.07 Å². The van der Waals surface area contributed by atoms with E-state index in [0.717, 1.165) is 11.1 Å². The van der Waals surface area contributed by atoms with Crippen molar-refractivity contribution >= 4 is 35.1 Å². The van der Waals surface area contributed by atoms with Gasteiger partial charge >= 0.3 is 6.09 Å². The van der Waals surface area contributed by atoms with E-state index in [0.29, 0.717) is 61.1 Å². The Morgan fingerprint density at radius 3 is 2.51 bits per heavy atom. The van der Waals surface area contributed by atoms with E-state index < -0.39 is 17.9 Å². The molecule has 12 heteroatoms. The Morgan fingerprint density at radius 2 is 1.79 bits per heavy atom. The molecule has 3 N–H and O–H groups in total. The molecule has 1 amide bonds. The molecule has 1 atom stereocenters. The third-order valence-electron chi connectivity index (χ3n) is 5.69. The summed E-state index contributed by atoms with van der Waals surface area (Å²) in [6, 6.07) is 12.1. The molecule has 39 heavy (non-hydrogen) atoms. The smallest absolute Gasteiger partial charge is 0.407 e. The normalized spacial score (nSPS) is 11.7. The third-order valence-corrected chi connectivity index (χ3v) is 6.43. The SMILES string of the molecule is COCCOC(=O)NC(CCCCN)C(=O)c1noc(Cc2ccc(OCCc3ccc(Cl)c(Cl)c3)cc2)n1. The van der Waals surface area contributed by atoms with E-state index in [2.05, 4.69) is 15.5 Å². The molecule has 1 unspecified atom stereocenters. The number of halogens is 2. The van der Waals surface area contributed by atoms with Gasteiger partial charge in [-0.1, -0.05) is 46.6 Å². The molecule has 3 aromatic rings. The van der Waals surface area contributed by atoms with E-state index in [1.165, 1.54) is 7.11 Å². The number of alkyl carbamates (subject to hydrolysis) is 1. The van der Waals surface area contributed by atoms with Crippen molar-refractivity contribution in [2.75, 3.05) is 33.5 Å². The van der Waals surface area contributed by atoms with Crippen LogP contribution in [0.3, 0.4) is 0 Å². The molecule has 10 nitrogen and oxygen atoms in total. The second-order valence-electron chi connectivity index (χ2n) is 8.65. The summed E-state index contributed by atoms with van der Waals surface area (Å²) >= 11 is 12.0. The summed E-state index contributed by atoms with van der Waals surface area (Å²) in [5.41, 5.74) is 7.49. The van der Waals surface area contributed by atoms with Crippen molar-refractivity contribution < 1.29 is 28.3 Å². The molecule has 0 aliphatic carbocycles. The van der Waals surface area contributed by atoms with Gasteiger partial charge in [0.1, 0.15) is 12.4 Å². The number of ether oxygens (including phenoxy) is 3. The molecule has 0 fully saturated rings. The molecule has 0 spiro atoms. The first-order chi connectivity index (χ1) is 18.9. The number of hydrogen-bond donors (Lipinski definition) is 2. The first-order valence-electron chi connectivity index (χ1n) is 12.5. The molecular formula is C27H32Cl2N4O6. The number of benzene rings is 2. The van der Waals surface area contributed by atoms with Crippen LogP contribution in [0.2, 0.25) is 10.0 Å². The van der Waals surface area contributed by atoms with Gasteiger partial charge in [-0.15, -0.1) is 0 Å². The summed E-state index contributed by atoms with van der Waals surface area (Å²) in [5.74, 6) is 0.414. The van der Waals surface area contributed by atoms with E-state index in [9.17, 15) is 9.59 Å². The van der Waals surface area contributed by atoms with E-state index in [4.69, 9.17) is 47.7 Å². The van der Waals surface area contributed by atoms with Gasteiger partial charge in [0.25, 0.3) is 0 Å². The summed E-state index contributed by atoms with van der Waals surface area (Å²) in [6.45, 7) is 1.28. The third kappa shape index (κ3) is 10.1. The number of aromatic nitrogens is 2. The fourth-order valence-electron chi connectivity index (χ4n) is 3.61. The number of carbonyl (C=O) groups excluding carboxylic acids is 2. The Hall–Kier alpha value is -3.18. The predicted molar refractivity (Wildman–Crippen MR) is 147 cm³/mol. The molecule has 1 aromatic heterocycles. The first kappa shape index (κ1) is 30.4. The van der Waals surface area contributed by atoms with Gasteiger partial charge in [-0.3, -0.25) is 4.79 Å². The zero-order chi connectivity index (χ0) is 28.0. The first-order valence-corrected chi connectivity index (χ1v) is 13.3. The average Bonchev–Trinajstić information content (AvgIpc) is 3.39. The molecule has 0 aliphatic heterocycles. The van der Waals surface area contributed by atoms with E-state index >= 15 is 0 Å². The van der Waals surface area contributed by atoms with Crippen molar-refractivity contribution in [1.29, 1.82) is 0 Å². The summed E-state index contributed by atoms with van der Waals surface area (Å²) in [4.78, 5) is 29.3. The average molecular weight is 579 g/mol. The number of ketones is 1. The molecule has 1 heterocycles. The molecule has 2 aromatic carbocycles. The molecule has 0 saturated heterocycles. The zero-order valence-electron chi connectivity index (χ0n) is 21.7. The lowest BCUT2D eigenvalue weighted by molar-refractivity contribution is 0.0845. The molecule has 210 valence electrons. The van der Waals surface area contributed by atoms with E-state index in [1.807, 2.05) is 36.4 Å². The minimum Gasteiger partial charge on any atom is -0.493 e. The van der Waals surface area contributed by atoms with Crippen LogP contribution in [-0.2, 0) is 22.3 Å². The molecule has 0 aliphatic rings. The van der Waals surface area contributed by atoms with Gasteiger partial charge in [0.05, 0.1) is 35.7 Å². The Kier molecular flexibility index (Phi) is 12.5. The standard InChI is InChI=1S/C27H32Cl2N4O6/c1-36-14-15-38-27(35)31-23(4-2-3-12-30)25(34)26-32-24(39-33-26)17-18-5-8-20(9-6-18)37-13-11-19-7-10-21(28)22(29)16-19/h5-10,16,23H,2-4,11-15,17,30H2,1H3,(H,31,35). The summed E-state index contributed by atoms with van der Waals surface area (Å²) in [5, 5.41) is 7.44. The second kappa shape index (κ2) is 16.0. The number of hydrogen-bond acceptors (Lipinski definition) is 9. The van der Waals surface area contributed by atoms with Gasteiger partial charge in [0, 0.05) is 13.5 Å². The quantitative estimate of drug-likeness (QED) is 0.184. The highest BCUT2D eigenvalue weighted by Gasteiger charge is 2.26. The zero-order valence-corrected chi connectivity index (χ0v) is 23.2. The lowest BCUT2D eigenvalue weighted by Gasteiger charge is -2.15. The lowest BCUT2D eigenvalue weighted by atomic mass is 10.0. The number of nitrogens with two attached hydrogens (primary N) is 1. The van der Waals surface area contributed by atoms with Crippen molar-refractivity contribution in [3.05, 3.63) is 75.4 Å². The van der Waals surface area contributed by atoms with E-state index in [-0.39, 0.29) is 24.9 Å². The number of rotatable bonds is 16. The molecular weight excluding hydrogens is 547 g/mol. The maximum atomic E-state index is 13.0. The topological polar surface area (TPSA) is 139 Å². The Bertz CT molecular complexity index is 1210. The summed E-state index contributed by atoms with van der Waals surface area (Å²) < 4.78 is 21.0. The van der Waals surface area contributed by atoms with Crippen LogP contribution in [0.4, 0.5) is 4.79 Å².